The van der Waals surface area contributed by atoms with Crippen molar-refractivity contribution in [3.05, 3.63) is 47.5 Å². The van der Waals surface area contributed by atoms with Crippen LogP contribution in [0.3, 0.4) is 0 Å². The van der Waals surface area contributed by atoms with Crippen molar-refractivity contribution in [2.75, 3.05) is 12.3 Å². The van der Waals surface area contributed by atoms with Crippen molar-refractivity contribution in [3.63, 3.8) is 0 Å². The summed E-state index contributed by atoms with van der Waals surface area (Å²) in [6.45, 7) is 4.81. The van der Waals surface area contributed by atoms with Crippen molar-refractivity contribution < 1.29 is 4.74 Å². The summed E-state index contributed by atoms with van der Waals surface area (Å²) in [5, 5.41) is 0.937. The van der Waals surface area contributed by atoms with Crippen LogP contribution in [0.1, 0.15) is 24.5 Å². The molecule has 1 heterocycles. The predicted molar refractivity (Wildman–Crippen MR) is 85.2 cm³/mol. The van der Waals surface area contributed by atoms with E-state index < -0.39 is 0 Å². The van der Waals surface area contributed by atoms with Gasteiger partial charge in [0.1, 0.15) is 5.03 Å². The van der Waals surface area contributed by atoms with E-state index in [1.807, 2.05) is 12.1 Å². The molecule has 4 heteroatoms. The molecule has 1 aromatic heterocycles. The van der Waals surface area contributed by atoms with Crippen LogP contribution in [0, 0.1) is 6.92 Å². The maximum Gasteiger partial charge on any atom is 0.238 e. The van der Waals surface area contributed by atoms with Gasteiger partial charge in [-0.3, -0.25) is 0 Å². The number of nitrogens with two attached hydrogens (primary N) is 1. The van der Waals surface area contributed by atoms with E-state index in [0.717, 1.165) is 17.2 Å². The van der Waals surface area contributed by atoms with Crippen molar-refractivity contribution in [1.82, 2.24) is 4.98 Å². The Morgan fingerprint density at radius 2 is 2.10 bits per heavy atom. The van der Waals surface area contributed by atoms with E-state index in [4.69, 9.17) is 10.5 Å². The number of aromatic nitrogens is 1. The molecule has 0 saturated carbocycles. The molecule has 0 spiro atoms. The van der Waals surface area contributed by atoms with Gasteiger partial charge >= 0.3 is 0 Å². The first-order valence-corrected chi connectivity index (χ1v) is 7.75. The second-order valence-corrected chi connectivity index (χ2v) is 5.67. The first-order valence-electron chi connectivity index (χ1n) is 6.76. The number of aryl methyl sites for hydroxylation is 1. The van der Waals surface area contributed by atoms with Crippen molar-refractivity contribution in [3.8, 4) is 5.88 Å². The van der Waals surface area contributed by atoms with Gasteiger partial charge < -0.3 is 10.5 Å². The van der Waals surface area contributed by atoms with Crippen LogP contribution >= 0.6 is 11.8 Å². The van der Waals surface area contributed by atoms with Gasteiger partial charge in [0, 0.05) is 5.75 Å². The van der Waals surface area contributed by atoms with Crippen molar-refractivity contribution >= 4 is 17.4 Å². The Kier molecular flexibility index (Phi) is 5.30. The molecule has 2 aromatic rings. The summed E-state index contributed by atoms with van der Waals surface area (Å²) < 4.78 is 5.55. The molecule has 106 valence electrons. The number of nitrogen functional groups attached to an aromatic ring is 1. The van der Waals surface area contributed by atoms with Crippen LogP contribution in [0.5, 0.6) is 5.88 Å². The SMILES string of the molecule is CCCOc1nc(SCc2cccc(C)c2)ccc1N. The number of thioether (sulfide) groups is 1. The lowest BCUT2D eigenvalue weighted by Crippen LogP contribution is -2.01. The fraction of sp³-hybridized carbons (Fsp3) is 0.312. The number of rotatable bonds is 6. The van der Waals surface area contributed by atoms with E-state index in [2.05, 4.69) is 43.1 Å². The van der Waals surface area contributed by atoms with E-state index in [1.54, 1.807) is 11.8 Å². The predicted octanol–water partition coefficient (Wildman–Crippen LogP) is 4.05. The summed E-state index contributed by atoms with van der Waals surface area (Å²) in [6.07, 6.45) is 0.946. The van der Waals surface area contributed by atoms with Gasteiger partial charge in [0.2, 0.25) is 5.88 Å². The molecule has 0 bridgehead atoms. The number of hydrogen-bond donors (Lipinski definition) is 1. The average molecular weight is 288 g/mol. The number of anilines is 1. The Morgan fingerprint density at radius 1 is 1.25 bits per heavy atom. The Balaban J connectivity index is 2.02. The molecule has 0 saturated heterocycles. The van der Waals surface area contributed by atoms with Crippen LogP contribution in [0.25, 0.3) is 0 Å². The zero-order valence-corrected chi connectivity index (χ0v) is 12.7. The number of benzene rings is 1. The minimum Gasteiger partial charge on any atom is -0.476 e. The maximum absolute atomic E-state index is 5.86. The van der Waals surface area contributed by atoms with Gasteiger partial charge in [0.05, 0.1) is 12.3 Å². The number of nitrogens with zero attached hydrogens (tertiary/aromatic N) is 1. The zero-order valence-electron chi connectivity index (χ0n) is 11.9. The molecule has 20 heavy (non-hydrogen) atoms. The second-order valence-electron chi connectivity index (χ2n) is 4.67. The van der Waals surface area contributed by atoms with Crippen LogP contribution in [0.15, 0.2) is 41.4 Å². The quantitative estimate of drug-likeness (QED) is 0.815. The zero-order chi connectivity index (χ0) is 14.4. The summed E-state index contributed by atoms with van der Waals surface area (Å²) in [7, 11) is 0. The Morgan fingerprint density at radius 3 is 2.85 bits per heavy atom. The van der Waals surface area contributed by atoms with Gasteiger partial charge in [0.25, 0.3) is 0 Å². The standard InChI is InChI=1S/C16H20N2OS/c1-3-9-19-16-14(17)7-8-15(18-16)20-11-13-6-4-5-12(2)10-13/h4-8,10H,3,9,11,17H2,1-2H3. The normalized spacial score (nSPS) is 10.5. The molecule has 0 unspecified atom stereocenters. The molecular weight excluding hydrogens is 268 g/mol. The molecule has 0 aliphatic rings. The van der Waals surface area contributed by atoms with E-state index in [9.17, 15) is 0 Å². The fourth-order valence-electron chi connectivity index (χ4n) is 1.79. The topological polar surface area (TPSA) is 48.1 Å². The maximum atomic E-state index is 5.86. The highest BCUT2D eigenvalue weighted by molar-refractivity contribution is 7.98. The van der Waals surface area contributed by atoms with E-state index in [0.29, 0.717) is 18.2 Å². The largest absolute Gasteiger partial charge is 0.476 e. The number of hydrogen-bond acceptors (Lipinski definition) is 4. The molecule has 0 radical (unpaired) electrons. The summed E-state index contributed by atoms with van der Waals surface area (Å²) in [5.41, 5.74) is 9.03. The molecule has 0 aliphatic heterocycles. The third kappa shape index (κ3) is 4.17. The van der Waals surface area contributed by atoms with Crippen LogP contribution in [-0.2, 0) is 5.75 Å². The third-order valence-electron chi connectivity index (χ3n) is 2.78. The van der Waals surface area contributed by atoms with Crippen molar-refractivity contribution in [2.24, 2.45) is 0 Å². The highest BCUT2D eigenvalue weighted by Crippen LogP contribution is 2.26. The molecule has 1 aromatic carbocycles. The van der Waals surface area contributed by atoms with Gasteiger partial charge in [-0.05, 0) is 31.0 Å². The number of pyridine rings is 1. The van der Waals surface area contributed by atoms with Gasteiger partial charge in [0.15, 0.2) is 0 Å². The summed E-state index contributed by atoms with van der Waals surface area (Å²) in [4.78, 5) is 4.46. The lowest BCUT2D eigenvalue weighted by molar-refractivity contribution is 0.305. The molecular formula is C16H20N2OS. The minimum atomic E-state index is 0.543. The van der Waals surface area contributed by atoms with Gasteiger partial charge in [-0.25, -0.2) is 4.98 Å². The Labute approximate surface area is 124 Å². The lowest BCUT2D eigenvalue weighted by Gasteiger charge is -2.08. The Bertz CT molecular complexity index is 572. The lowest BCUT2D eigenvalue weighted by atomic mass is 10.2. The van der Waals surface area contributed by atoms with E-state index in [1.165, 1.54) is 11.1 Å². The summed E-state index contributed by atoms with van der Waals surface area (Å²) in [6, 6.07) is 12.3. The van der Waals surface area contributed by atoms with Gasteiger partial charge in [-0.15, -0.1) is 11.8 Å². The average Bonchev–Trinajstić information content (AvgIpc) is 2.45. The molecule has 3 nitrogen and oxygen atoms in total. The van der Waals surface area contributed by atoms with Crippen LogP contribution in [-0.4, -0.2) is 11.6 Å². The molecule has 0 amide bonds. The molecule has 2 rings (SSSR count). The van der Waals surface area contributed by atoms with E-state index >= 15 is 0 Å². The van der Waals surface area contributed by atoms with Crippen LogP contribution < -0.4 is 10.5 Å². The molecule has 2 N–H and O–H groups in total. The highest BCUT2D eigenvalue weighted by Gasteiger charge is 2.05. The third-order valence-corrected chi connectivity index (χ3v) is 3.78. The summed E-state index contributed by atoms with van der Waals surface area (Å²) >= 11 is 1.69. The second kappa shape index (κ2) is 7.20. The van der Waals surface area contributed by atoms with Gasteiger partial charge in [-0.1, -0.05) is 36.8 Å². The Hall–Kier alpha value is -1.68. The number of ether oxygens (including phenoxy) is 1. The van der Waals surface area contributed by atoms with E-state index in [-0.39, 0.29) is 0 Å². The molecule has 0 fully saturated rings. The first-order chi connectivity index (χ1) is 9.69. The molecule has 0 atom stereocenters. The van der Waals surface area contributed by atoms with Gasteiger partial charge in [-0.2, -0.15) is 0 Å². The summed E-state index contributed by atoms with van der Waals surface area (Å²) in [5.74, 6) is 1.44. The highest BCUT2D eigenvalue weighted by atomic mass is 32.2. The monoisotopic (exact) mass is 288 g/mol. The van der Waals surface area contributed by atoms with Crippen molar-refractivity contribution in [1.29, 1.82) is 0 Å². The molecule has 0 aliphatic carbocycles. The first kappa shape index (κ1) is 14.7. The van der Waals surface area contributed by atoms with Crippen molar-refractivity contribution in [2.45, 2.75) is 31.0 Å². The minimum absolute atomic E-state index is 0.543. The fourth-order valence-corrected chi connectivity index (χ4v) is 2.59. The smallest absolute Gasteiger partial charge is 0.238 e. The van der Waals surface area contributed by atoms with Crippen LogP contribution in [0.4, 0.5) is 5.69 Å². The van der Waals surface area contributed by atoms with Crippen LogP contribution in [0.2, 0.25) is 0 Å².